The van der Waals surface area contributed by atoms with E-state index in [4.69, 9.17) is 14.6 Å². The predicted octanol–water partition coefficient (Wildman–Crippen LogP) is 2.35. The van der Waals surface area contributed by atoms with Crippen LogP contribution in [0.25, 0.3) is 0 Å². The Morgan fingerprint density at radius 3 is 2.91 bits per heavy atom. The molecule has 1 heterocycles. The van der Waals surface area contributed by atoms with E-state index in [1.54, 1.807) is 0 Å². The van der Waals surface area contributed by atoms with E-state index in [-0.39, 0.29) is 24.7 Å². The Kier molecular flexibility index (Phi) is 5.59. The fraction of sp³-hybridized carbons (Fsp3) is 0.833. The molecule has 3 rings (SSSR count). The van der Waals surface area contributed by atoms with E-state index in [1.807, 2.05) is 6.08 Å². The number of rotatable bonds is 7. The maximum Gasteiger partial charge on any atom is 0.286 e. The van der Waals surface area contributed by atoms with Crippen LogP contribution >= 0.6 is 0 Å². The SMILES string of the molecule is C[C@H]1C=C(C(=O)NC2CC3CCC2C3)O[C@@H](OCCCCO)C1. The smallest absolute Gasteiger partial charge is 0.286 e. The summed E-state index contributed by atoms with van der Waals surface area (Å²) >= 11 is 0. The number of hydrogen-bond acceptors (Lipinski definition) is 4. The van der Waals surface area contributed by atoms with E-state index in [1.165, 1.54) is 19.3 Å². The van der Waals surface area contributed by atoms with Gasteiger partial charge in [-0.05, 0) is 55.9 Å². The fourth-order valence-corrected chi connectivity index (χ4v) is 4.18. The second-order valence-corrected chi connectivity index (χ2v) is 7.35. The van der Waals surface area contributed by atoms with Gasteiger partial charge in [0, 0.05) is 19.1 Å². The number of amides is 1. The van der Waals surface area contributed by atoms with Gasteiger partial charge in [0.15, 0.2) is 5.76 Å². The number of unbranched alkanes of at least 4 members (excludes halogenated alkanes) is 1. The Labute approximate surface area is 138 Å². The zero-order chi connectivity index (χ0) is 16.2. The summed E-state index contributed by atoms with van der Waals surface area (Å²) in [4.78, 5) is 12.5. The maximum absolute atomic E-state index is 12.5. The topological polar surface area (TPSA) is 67.8 Å². The minimum absolute atomic E-state index is 0.0851. The first-order valence-electron chi connectivity index (χ1n) is 9.07. The monoisotopic (exact) mass is 323 g/mol. The molecule has 0 aromatic rings. The largest absolute Gasteiger partial charge is 0.459 e. The lowest BCUT2D eigenvalue weighted by Crippen LogP contribution is -2.41. The second kappa shape index (κ2) is 7.67. The predicted molar refractivity (Wildman–Crippen MR) is 86.4 cm³/mol. The molecule has 2 bridgehead atoms. The lowest BCUT2D eigenvalue weighted by Gasteiger charge is -2.29. The van der Waals surface area contributed by atoms with Crippen LogP contribution in [0.1, 0.15) is 51.9 Å². The van der Waals surface area contributed by atoms with Gasteiger partial charge in [0.05, 0.1) is 6.61 Å². The van der Waals surface area contributed by atoms with Crippen LogP contribution in [0.3, 0.4) is 0 Å². The number of carbonyl (C=O) groups is 1. The third kappa shape index (κ3) is 4.27. The molecule has 3 aliphatic rings. The molecule has 5 atom stereocenters. The summed E-state index contributed by atoms with van der Waals surface area (Å²) in [5, 5.41) is 12.0. The van der Waals surface area contributed by atoms with Crippen molar-refractivity contribution in [3.05, 3.63) is 11.8 Å². The van der Waals surface area contributed by atoms with Gasteiger partial charge in [0.2, 0.25) is 6.29 Å². The number of fused-ring (bicyclic) bond motifs is 2. The summed E-state index contributed by atoms with van der Waals surface area (Å²) in [5.74, 6) is 2.08. The van der Waals surface area contributed by atoms with Gasteiger partial charge in [-0.1, -0.05) is 13.3 Å². The van der Waals surface area contributed by atoms with Gasteiger partial charge >= 0.3 is 0 Å². The minimum atomic E-state index is -0.352. The molecule has 2 saturated carbocycles. The van der Waals surface area contributed by atoms with Crippen molar-refractivity contribution in [2.24, 2.45) is 17.8 Å². The zero-order valence-electron chi connectivity index (χ0n) is 14.0. The molecule has 0 saturated heterocycles. The molecule has 2 aliphatic carbocycles. The van der Waals surface area contributed by atoms with Crippen molar-refractivity contribution >= 4 is 5.91 Å². The highest BCUT2D eigenvalue weighted by Gasteiger charge is 2.40. The van der Waals surface area contributed by atoms with Crippen LogP contribution in [0.4, 0.5) is 0 Å². The van der Waals surface area contributed by atoms with E-state index in [9.17, 15) is 4.79 Å². The lowest BCUT2D eigenvalue weighted by atomic mass is 9.95. The quantitative estimate of drug-likeness (QED) is 0.706. The van der Waals surface area contributed by atoms with Crippen molar-refractivity contribution in [2.45, 2.75) is 64.2 Å². The van der Waals surface area contributed by atoms with Crippen LogP contribution in [0.2, 0.25) is 0 Å². The Morgan fingerprint density at radius 2 is 2.22 bits per heavy atom. The molecule has 1 aliphatic heterocycles. The van der Waals surface area contributed by atoms with E-state index in [2.05, 4.69) is 12.2 Å². The van der Waals surface area contributed by atoms with Crippen LogP contribution in [0.15, 0.2) is 11.8 Å². The zero-order valence-corrected chi connectivity index (χ0v) is 14.0. The van der Waals surface area contributed by atoms with Crippen LogP contribution in [0.5, 0.6) is 0 Å². The second-order valence-electron chi connectivity index (χ2n) is 7.35. The Hall–Kier alpha value is -1.07. The van der Waals surface area contributed by atoms with E-state index < -0.39 is 0 Å². The molecule has 0 aromatic carbocycles. The summed E-state index contributed by atoms with van der Waals surface area (Å²) in [6.07, 6.45) is 8.85. The highest BCUT2D eigenvalue weighted by Crippen LogP contribution is 2.44. The van der Waals surface area contributed by atoms with Gasteiger partial charge in [0.1, 0.15) is 0 Å². The molecule has 1 amide bonds. The first kappa shape index (κ1) is 16.8. The Morgan fingerprint density at radius 1 is 1.35 bits per heavy atom. The minimum Gasteiger partial charge on any atom is -0.459 e. The number of carbonyl (C=O) groups excluding carboxylic acids is 1. The molecular formula is C18H29NO4. The summed E-state index contributed by atoms with van der Waals surface area (Å²) in [5.41, 5.74) is 0. The molecule has 2 N–H and O–H groups in total. The number of ether oxygens (including phenoxy) is 2. The molecular weight excluding hydrogens is 294 g/mol. The van der Waals surface area contributed by atoms with Crippen molar-refractivity contribution < 1.29 is 19.4 Å². The summed E-state index contributed by atoms with van der Waals surface area (Å²) < 4.78 is 11.5. The van der Waals surface area contributed by atoms with Crippen molar-refractivity contribution in [1.29, 1.82) is 0 Å². The number of allylic oxidation sites excluding steroid dienone is 1. The first-order chi connectivity index (χ1) is 11.2. The van der Waals surface area contributed by atoms with Crippen molar-refractivity contribution in [1.82, 2.24) is 5.32 Å². The van der Waals surface area contributed by atoms with Crippen LogP contribution < -0.4 is 5.32 Å². The highest BCUT2D eigenvalue weighted by atomic mass is 16.7. The molecule has 5 heteroatoms. The molecule has 3 unspecified atom stereocenters. The van der Waals surface area contributed by atoms with E-state index >= 15 is 0 Å². The Balaban J connectivity index is 1.48. The van der Waals surface area contributed by atoms with Gasteiger partial charge in [-0.2, -0.15) is 0 Å². The molecule has 2 fully saturated rings. The highest BCUT2D eigenvalue weighted by molar-refractivity contribution is 5.91. The number of nitrogens with one attached hydrogen (secondary N) is 1. The number of hydrogen-bond donors (Lipinski definition) is 2. The van der Waals surface area contributed by atoms with Gasteiger partial charge in [-0.15, -0.1) is 0 Å². The summed E-state index contributed by atoms with van der Waals surface area (Å²) in [6, 6.07) is 0.326. The van der Waals surface area contributed by atoms with Gasteiger partial charge in [-0.3, -0.25) is 4.79 Å². The maximum atomic E-state index is 12.5. The normalized spacial score (nSPS) is 35.7. The standard InChI is InChI=1S/C18H29NO4/c1-12-8-16(23-17(9-12)22-7-3-2-6-20)18(21)19-15-11-13-4-5-14(15)10-13/h8,12-15,17,20H,2-7,9-11H2,1H3,(H,19,21)/t12-,13?,14?,15?,17+/m0/s1. The third-order valence-electron chi connectivity index (χ3n) is 5.39. The average Bonchev–Trinajstić information content (AvgIpc) is 3.14. The van der Waals surface area contributed by atoms with Gasteiger partial charge < -0.3 is 19.9 Å². The van der Waals surface area contributed by atoms with Crippen LogP contribution in [-0.2, 0) is 14.3 Å². The molecule has 5 nitrogen and oxygen atoms in total. The molecule has 23 heavy (non-hydrogen) atoms. The van der Waals surface area contributed by atoms with Crippen molar-refractivity contribution in [3.8, 4) is 0 Å². The fourth-order valence-electron chi connectivity index (χ4n) is 4.18. The van der Waals surface area contributed by atoms with Crippen LogP contribution in [-0.4, -0.2) is 36.6 Å². The lowest BCUT2D eigenvalue weighted by molar-refractivity contribution is -0.149. The molecule has 0 radical (unpaired) electrons. The Bertz CT molecular complexity index is 450. The van der Waals surface area contributed by atoms with Gasteiger partial charge in [-0.25, -0.2) is 0 Å². The average molecular weight is 323 g/mol. The van der Waals surface area contributed by atoms with Crippen molar-refractivity contribution in [3.63, 3.8) is 0 Å². The van der Waals surface area contributed by atoms with Crippen molar-refractivity contribution in [2.75, 3.05) is 13.2 Å². The summed E-state index contributed by atoms with van der Waals surface area (Å²) in [7, 11) is 0. The molecule has 0 aromatic heterocycles. The first-order valence-corrected chi connectivity index (χ1v) is 9.07. The van der Waals surface area contributed by atoms with Gasteiger partial charge in [0.25, 0.3) is 5.91 Å². The molecule has 130 valence electrons. The summed E-state index contributed by atoms with van der Waals surface area (Å²) in [6.45, 7) is 2.82. The molecule has 0 spiro atoms. The third-order valence-corrected chi connectivity index (χ3v) is 5.39. The number of aliphatic hydroxyl groups excluding tert-OH is 1. The van der Waals surface area contributed by atoms with E-state index in [0.717, 1.165) is 31.6 Å². The van der Waals surface area contributed by atoms with E-state index in [0.29, 0.717) is 24.3 Å². The van der Waals surface area contributed by atoms with Crippen LogP contribution in [0, 0.1) is 17.8 Å². The number of aliphatic hydroxyl groups is 1.